The Morgan fingerprint density at radius 3 is 2.29 bits per heavy atom. The zero-order valence-corrected chi connectivity index (χ0v) is 9.17. The molecule has 1 heterocycles. The van der Waals surface area contributed by atoms with Gasteiger partial charge >= 0.3 is 0 Å². The molecule has 1 aliphatic rings. The molecule has 76 valence electrons. The summed E-state index contributed by atoms with van der Waals surface area (Å²) >= 11 is 0. The molecule has 0 spiro atoms. The molecule has 0 radical (unpaired) electrons. The summed E-state index contributed by atoms with van der Waals surface area (Å²) < 4.78 is 0. The number of nitrogens with one attached hydrogen (secondary N) is 1. The molecular formula is C12H18N2. The number of aromatic nitrogens is 1. The van der Waals surface area contributed by atoms with Crippen LogP contribution in [0.4, 0.5) is 5.69 Å². The van der Waals surface area contributed by atoms with E-state index in [1.54, 1.807) is 0 Å². The van der Waals surface area contributed by atoms with Gasteiger partial charge in [0.15, 0.2) is 0 Å². The van der Waals surface area contributed by atoms with Gasteiger partial charge in [0.25, 0.3) is 0 Å². The Balaban J connectivity index is 2.08. The summed E-state index contributed by atoms with van der Waals surface area (Å²) in [6, 6.07) is 4.92. The zero-order valence-electron chi connectivity index (χ0n) is 9.17. The lowest BCUT2D eigenvalue weighted by Crippen LogP contribution is -2.36. The van der Waals surface area contributed by atoms with Gasteiger partial charge in [0.2, 0.25) is 0 Å². The Hall–Kier alpha value is -1.05. The van der Waals surface area contributed by atoms with E-state index < -0.39 is 0 Å². The molecule has 1 N–H and O–H groups in total. The highest BCUT2D eigenvalue weighted by atomic mass is 14.9. The number of hydrogen-bond acceptors (Lipinski definition) is 2. The van der Waals surface area contributed by atoms with Gasteiger partial charge in [-0.3, -0.25) is 4.98 Å². The van der Waals surface area contributed by atoms with E-state index in [0.29, 0.717) is 6.04 Å². The molecule has 1 aromatic heterocycles. The first-order valence-electron chi connectivity index (χ1n) is 5.37. The fraction of sp³-hybridized carbons (Fsp3) is 0.583. The summed E-state index contributed by atoms with van der Waals surface area (Å²) in [4.78, 5) is 4.36. The number of pyridine rings is 1. The number of nitrogens with zero attached hydrogens (tertiary/aromatic N) is 1. The highest BCUT2D eigenvalue weighted by Gasteiger charge is 2.26. The van der Waals surface area contributed by atoms with Crippen molar-refractivity contribution in [1.82, 2.24) is 4.98 Å². The molecule has 1 saturated carbocycles. The molecule has 1 aromatic rings. The lowest BCUT2D eigenvalue weighted by atomic mass is 9.81. The highest BCUT2D eigenvalue weighted by molar-refractivity contribution is 5.46. The first kappa shape index (κ1) is 9.50. The van der Waals surface area contributed by atoms with E-state index in [1.807, 2.05) is 13.8 Å². The van der Waals surface area contributed by atoms with E-state index in [2.05, 4.69) is 29.4 Å². The molecule has 2 rings (SSSR count). The number of hydrogen-bond donors (Lipinski definition) is 1. The second kappa shape index (κ2) is 3.60. The van der Waals surface area contributed by atoms with E-state index in [0.717, 1.165) is 17.3 Å². The van der Waals surface area contributed by atoms with Crippen molar-refractivity contribution in [2.45, 2.75) is 39.7 Å². The molecule has 1 aliphatic carbocycles. The van der Waals surface area contributed by atoms with Gasteiger partial charge in [-0.05, 0) is 44.7 Å². The minimum absolute atomic E-state index is 0.677. The van der Waals surface area contributed by atoms with Gasteiger partial charge in [0.1, 0.15) is 0 Å². The molecule has 1 fully saturated rings. The van der Waals surface area contributed by atoms with Crippen LogP contribution in [0.1, 0.15) is 31.2 Å². The smallest absolute Gasteiger partial charge is 0.0396 e. The molecule has 0 amide bonds. The zero-order chi connectivity index (χ0) is 10.1. The van der Waals surface area contributed by atoms with E-state index in [1.165, 1.54) is 18.5 Å². The van der Waals surface area contributed by atoms with Gasteiger partial charge in [0.05, 0.1) is 0 Å². The van der Waals surface area contributed by atoms with Crippen LogP contribution in [0.5, 0.6) is 0 Å². The van der Waals surface area contributed by atoms with Gasteiger partial charge < -0.3 is 5.32 Å². The maximum absolute atomic E-state index is 4.36. The third-order valence-electron chi connectivity index (χ3n) is 3.05. The molecule has 0 bridgehead atoms. The Morgan fingerprint density at radius 1 is 1.21 bits per heavy atom. The van der Waals surface area contributed by atoms with Gasteiger partial charge in [-0.2, -0.15) is 0 Å². The Labute approximate surface area is 85.7 Å². The first-order chi connectivity index (χ1) is 6.65. The number of aryl methyl sites for hydroxylation is 2. The molecule has 0 aliphatic heterocycles. The van der Waals surface area contributed by atoms with Gasteiger partial charge in [-0.15, -0.1) is 0 Å². The number of anilines is 1. The van der Waals surface area contributed by atoms with Crippen LogP contribution in [-0.4, -0.2) is 11.0 Å². The minimum atomic E-state index is 0.677. The number of rotatable bonds is 2. The monoisotopic (exact) mass is 190 g/mol. The minimum Gasteiger partial charge on any atom is -0.382 e. The third-order valence-corrected chi connectivity index (χ3v) is 3.05. The molecule has 0 aromatic carbocycles. The molecule has 2 unspecified atom stereocenters. The summed E-state index contributed by atoms with van der Waals surface area (Å²) in [6.45, 7) is 6.40. The normalized spacial score (nSPS) is 25.6. The van der Waals surface area contributed by atoms with Gasteiger partial charge in [-0.1, -0.05) is 6.92 Å². The van der Waals surface area contributed by atoms with E-state index in [9.17, 15) is 0 Å². The second-order valence-electron chi connectivity index (χ2n) is 4.44. The van der Waals surface area contributed by atoms with Crippen molar-refractivity contribution in [2.75, 3.05) is 5.32 Å². The summed E-state index contributed by atoms with van der Waals surface area (Å²) in [5.74, 6) is 0.823. The topological polar surface area (TPSA) is 24.9 Å². The van der Waals surface area contributed by atoms with E-state index in [-0.39, 0.29) is 0 Å². The molecule has 2 heteroatoms. The standard InChI is InChI=1S/C12H18N2/c1-8-4-5-12(8)14-11-6-9(2)13-10(3)7-11/h6-8,12H,4-5H2,1-3H3,(H,13,14). The largest absolute Gasteiger partial charge is 0.382 e. The van der Waals surface area contributed by atoms with Crippen LogP contribution in [0.2, 0.25) is 0 Å². The van der Waals surface area contributed by atoms with Crippen LogP contribution in [-0.2, 0) is 0 Å². The summed E-state index contributed by atoms with van der Waals surface area (Å²) in [5.41, 5.74) is 3.42. The van der Waals surface area contributed by atoms with Crippen LogP contribution in [0.15, 0.2) is 12.1 Å². The second-order valence-corrected chi connectivity index (χ2v) is 4.44. The predicted octanol–water partition coefficient (Wildman–Crippen LogP) is 2.91. The SMILES string of the molecule is Cc1cc(NC2CCC2C)cc(C)n1. The van der Waals surface area contributed by atoms with Gasteiger partial charge in [-0.25, -0.2) is 0 Å². The maximum Gasteiger partial charge on any atom is 0.0396 e. The predicted molar refractivity (Wildman–Crippen MR) is 59.5 cm³/mol. The molecular weight excluding hydrogens is 172 g/mol. The van der Waals surface area contributed by atoms with Crippen molar-refractivity contribution in [2.24, 2.45) is 5.92 Å². The maximum atomic E-state index is 4.36. The Kier molecular flexibility index (Phi) is 2.44. The highest BCUT2D eigenvalue weighted by Crippen LogP contribution is 2.29. The van der Waals surface area contributed by atoms with E-state index >= 15 is 0 Å². The van der Waals surface area contributed by atoms with Crippen LogP contribution in [0.25, 0.3) is 0 Å². The van der Waals surface area contributed by atoms with Crippen molar-refractivity contribution in [3.8, 4) is 0 Å². The molecule has 14 heavy (non-hydrogen) atoms. The Morgan fingerprint density at radius 2 is 1.86 bits per heavy atom. The van der Waals surface area contributed by atoms with Crippen molar-refractivity contribution < 1.29 is 0 Å². The van der Waals surface area contributed by atoms with Crippen LogP contribution >= 0.6 is 0 Å². The lowest BCUT2D eigenvalue weighted by Gasteiger charge is -2.35. The quantitative estimate of drug-likeness (QED) is 0.775. The first-order valence-corrected chi connectivity index (χ1v) is 5.37. The van der Waals surface area contributed by atoms with Crippen molar-refractivity contribution >= 4 is 5.69 Å². The summed E-state index contributed by atoms with van der Waals surface area (Å²) in [5, 5.41) is 3.57. The summed E-state index contributed by atoms with van der Waals surface area (Å²) in [6.07, 6.45) is 2.67. The lowest BCUT2D eigenvalue weighted by molar-refractivity contribution is 0.303. The van der Waals surface area contributed by atoms with Crippen molar-refractivity contribution in [3.63, 3.8) is 0 Å². The summed E-state index contributed by atoms with van der Waals surface area (Å²) in [7, 11) is 0. The van der Waals surface area contributed by atoms with Crippen LogP contribution in [0.3, 0.4) is 0 Å². The average molecular weight is 190 g/mol. The van der Waals surface area contributed by atoms with Gasteiger partial charge in [0, 0.05) is 23.1 Å². The van der Waals surface area contributed by atoms with Crippen LogP contribution < -0.4 is 5.32 Å². The fourth-order valence-electron chi connectivity index (χ4n) is 2.01. The van der Waals surface area contributed by atoms with E-state index in [4.69, 9.17) is 0 Å². The molecule has 2 atom stereocenters. The van der Waals surface area contributed by atoms with Crippen molar-refractivity contribution in [1.29, 1.82) is 0 Å². The fourth-order valence-corrected chi connectivity index (χ4v) is 2.01. The third kappa shape index (κ3) is 1.89. The molecule has 0 saturated heterocycles. The molecule has 2 nitrogen and oxygen atoms in total. The van der Waals surface area contributed by atoms with Crippen molar-refractivity contribution in [3.05, 3.63) is 23.5 Å². The Bertz CT molecular complexity index is 313. The van der Waals surface area contributed by atoms with Crippen LogP contribution in [0, 0.1) is 19.8 Å². The average Bonchev–Trinajstić information content (AvgIpc) is 2.10.